The molecular formula is C8H3ClF6INO. The lowest BCUT2D eigenvalue weighted by Gasteiger charge is -2.15. The van der Waals surface area contributed by atoms with Crippen LogP contribution in [0.1, 0.15) is 11.3 Å². The Morgan fingerprint density at radius 3 is 2.17 bits per heavy atom. The summed E-state index contributed by atoms with van der Waals surface area (Å²) in [4.78, 5) is 2.93. The van der Waals surface area contributed by atoms with Gasteiger partial charge in [-0.15, -0.1) is 24.8 Å². The summed E-state index contributed by atoms with van der Waals surface area (Å²) >= 11 is 6.57. The molecule has 0 aliphatic rings. The van der Waals surface area contributed by atoms with Crippen LogP contribution in [0, 0.1) is 3.57 Å². The number of nitrogens with zero attached hydrogens (tertiary/aromatic N) is 1. The van der Waals surface area contributed by atoms with Crippen molar-refractivity contribution < 1.29 is 31.1 Å². The molecule has 0 saturated heterocycles. The zero-order valence-electron chi connectivity index (χ0n) is 8.16. The van der Waals surface area contributed by atoms with Crippen LogP contribution in [0.2, 0.25) is 0 Å². The predicted octanol–water partition coefficient (Wildman–Crippen LogP) is 4.34. The minimum atomic E-state index is -5.02. The van der Waals surface area contributed by atoms with Gasteiger partial charge in [-0.3, -0.25) is 0 Å². The molecule has 102 valence electrons. The van der Waals surface area contributed by atoms with Gasteiger partial charge < -0.3 is 4.74 Å². The lowest BCUT2D eigenvalue weighted by atomic mass is 10.2. The maximum Gasteiger partial charge on any atom is 0.573 e. The van der Waals surface area contributed by atoms with Crippen LogP contribution in [0.25, 0.3) is 0 Å². The molecule has 10 heteroatoms. The Balaban J connectivity index is 3.30. The summed E-state index contributed by atoms with van der Waals surface area (Å²) in [6.07, 6.45) is -9.43. The molecular weight excluding hydrogens is 402 g/mol. The fraction of sp³-hybridized carbons (Fsp3) is 0.375. The second-order valence-corrected chi connectivity index (χ2v) is 4.29. The molecule has 1 rings (SSSR count). The number of pyridine rings is 1. The zero-order valence-corrected chi connectivity index (χ0v) is 11.1. The SMILES string of the molecule is FC(F)(F)Oc1cnc(C(F)(F)F)c(I)c1CCl. The fourth-order valence-corrected chi connectivity index (χ4v) is 2.44. The van der Waals surface area contributed by atoms with E-state index < -0.39 is 39.0 Å². The largest absolute Gasteiger partial charge is 0.573 e. The van der Waals surface area contributed by atoms with Crippen LogP contribution >= 0.6 is 34.2 Å². The molecule has 2 nitrogen and oxygen atoms in total. The molecule has 0 bridgehead atoms. The van der Waals surface area contributed by atoms with Gasteiger partial charge in [-0.05, 0) is 22.6 Å². The Kier molecular flexibility index (Phi) is 4.57. The second kappa shape index (κ2) is 5.27. The normalized spacial score (nSPS) is 12.7. The quantitative estimate of drug-likeness (QED) is 0.415. The van der Waals surface area contributed by atoms with Gasteiger partial charge >= 0.3 is 12.5 Å². The summed E-state index contributed by atoms with van der Waals surface area (Å²) in [5, 5.41) is 0. The van der Waals surface area contributed by atoms with Crippen LogP contribution in [0.4, 0.5) is 26.3 Å². The van der Waals surface area contributed by atoms with E-state index in [1.54, 1.807) is 0 Å². The van der Waals surface area contributed by atoms with Crippen molar-refractivity contribution in [3.8, 4) is 5.75 Å². The van der Waals surface area contributed by atoms with Crippen LogP contribution in [-0.4, -0.2) is 11.3 Å². The Hall–Kier alpha value is -0.450. The summed E-state index contributed by atoms with van der Waals surface area (Å²) < 4.78 is 76.4. The highest BCUT2D eigenvalue weighted by Crippen LogP contribution is 2.37. The van der Waals surface area contributed by atoms with E-state index in [-0.39, 0.29) is 0 Å². The third-order valence-corrected chi connectivity index (χ3v) is 3.14. The lowest BCUT2D eigenvalue weighted by molar-refractivity contribution is -0.275. The monoisotopic (exact) mass is 405 g/mol. The minimum absolute atomic E-state index is 0.357. The standard InChI is InChI=1S/C8H3ClF6INO/c9-1-3-4(18-8(13,14)15)2-17-6(5(3)16)7(10,11)12/h2H,1H2. The summed E-state index contributed by atoms with van der Waals surface area (Å²) in [6, 6.07) is 0. The van der Waals surface area contributed by atoms with Crippen molar-refractivity contribution in [1.29, 1.82) is 0 Å². The van der Waals surface area contributed by atoms with E-state index in [1.807, 2.05) is 0 Å². The van der Waals surface area contributed by atoms with E-state index in [0.717, 1.165) is 0 Å². The number of hydrogen-bond donors (Lipinski definition) is 0. The molecule has 0 saturated carbocycles. The van der Waals surface area contributed by atoms with Crippen molar-refractivity contribution in [3.05, 3.63) is 21.0 Å². The van der Waals surface area contributed by atoms with Crippen LogP contribution in [0.5, 0.6) is 5.75 Å². The highest BCUT2D eigenvalue weighted by molar-refractivity contribution is 14.1. The first-order chi connectivity index (χ1) is 8.06. The third kappa shape index (κ3) is 3.77. The minimum Gasteiger partial charge on any atom is -0.404 e. The number of aromatic nitrogens is 1. The molecule has 1 aromatic heterocycles. The molecule has 0 fully saturated rings. The maximum atomic E-state index is 12.5. The van der Waals surface area contributed by atoms with Gasteiger partial charge in [0.05, 0.1) is 15.6 Å². The van der Waals surface area contributed by atoms with Crippen molar-refractivity contribution in [2.45, 2.75) is 18.4 Å². The van der Waals surface area contributed by atoms with Crippen LogP contribution < -0.4 is 4.74 Å². The highest BCUT2D eigenvalue weighted by Gasteiger charge is 2.38. The molecule has 0 spiro atoms. The smallest absolute Gasteiger partial charge is 0.404 e. The van der Waals surface area contributed by atoms with Crippen LogP contribution in [-0.2, 0) is 12.1 Å². The Morgan fingerprint density at radius 2 is 1.78 bits per heavy atom. The molecule has 0 unspecified atom stereocenters. The first-order valence-electron chi connectivity index (χ1n) is 4.12. The van der Waals surface area contributed by atoms with Gasteiger partial charge in [-0.1, -0.05) is 0 Å². The fourth-order valence-electron chi connectivity index (χ4n) is 1.04. The van der Waals surface area contributed by atoms with Gasteiger partial charge in [-0.2, -0.15) is 13.2 Å². The molecule has 0 radical (unpaired) electrons. The first-order valence-corrected chi connectivity index (χ1v) is 5.74. The zero-order chi connectivity index (χ0) is 14.1. The highest BCUT2D eigenvalue weighted by atomic mass is 127. The maximum absolute atomic E-state index is 12.5. The summed E-state index contributed by atoms with van der Waals surface area (Å²) in [5.74, 6) is -1.40. The van der Waals surface area contributed by atoms with Crippen molar-refractivity contribution in [1.82, 2.24) is 4.98 Å². The number of alkyl halides is 7. The molecule has 0 aromatic carbocycles. The van der Waals surface area contributed by atoms with Crippen molar-refractivity contribution in [2.24, 2.45) is 0 Å². The van der Waals surface area contributed by atoms with Gasteiger partial charge in [-0.25, -0.2) is 4.98 Å². The summed E-state index contributed by atoms with van der Waals surface area (Å²) in [7, 11) is 0. The molecule has 0 atom stereocenters. The van der Waals surface area contributed by atoms with Gasteiger partial charge in [0.15, 0.2) is 11.4 Å². The topological polar surface area (TPSA) is 22.1 Å². The first kappa shape index (κ1) is 15.6. The number of rotatable bonds is 2. The molecule has 0 N–H and O–H groups in total. The second-order valence-electron chi connectivity index (χ2n) is 2.94. The molecule has 0 aliphatic carbocycles. The van der Waals surface area contributed by atoms with Gasteiger partial charge in [0.25, 0.3) is 0 Å². The average Bonchev–Trinajstić information content (AvgIpc) is 2.13. The van der Waals surface area contributed by atoms with E-state index in [1.165, 1.54) is 22.6 Å². The van der Waals surface area contributed by atoms with Crippen molar-refractivity contribution in [2.75, 3.05) is 0 Å². The van der Waals surface area contributed by atoms with E-state index >= 15 is 0 Å². The number of ether oxygens (including phenoxy) is 1. The van der Waals surface area contributed by atoms with Crippen LogP contribution in [0.3, 0.4) is 0 Å². The molecule has 1 heterocycles. The molecule has 18 heavy (non-hydrogen) atoms. The van der Waals surface area contributed by atoms with E-state index in [2.05, 4.69) is 9.72 Å². The summed E-state index contributed by atoms with van der Waals surface area (Å²) in [6.45, 7) is 0. The van der Waals surface area contributed by atoms with Gasteiger partial charge in [0.1, 0.15) is 0 Å². The van der Waals surface area contributed by atoms with Gasteiger partial charge in [0.2, 0.25) is 0 Å². The van der Waals surface area contributed by atoms with Crippen molar-refractivity contribution >= 4 is 34.2 Å². The van der Waals surface area contributed by atoms with Gasteiger partial charge in [0, 0.05) is 5.56 Å². The Labute approximate surface area is 115 Å². The summed E-state index contributed by atoms with van der Waals surface area (Å²) in [5.41, 5.74) is -1.70. The van der Waals surface area contributed by atoms with Crippen LogP contribution in [0.15, 0.2) is 6.20 Å². The van der Waals surface area contributed by atoms with E-state index in [4.69, 9.17) is 11.6 Å². The van der Waals surface area contributed by atoms with E-state index in [0.29, 0.717) is 6.20 Å². The third-order valence-electron chi connectivity index (χ3n) is 1.71. The number of halogens is 8. The number of hydrogen-bond acceptors (Lipinski definition) is 2. The van der Waals surface area contributed by atoms with E-state index in [9.17, 15) is 26.3 Å². The van der Waals surface area contributed by atoms with Crippen molar-refractivity contribution in [3.63, 3.8) is 0 Å². The Bertz CT molecular complexity index is 446. The molecule has 0 aliphatic heterocycles. The lowest BCUT2D eigenvalue weighted by Crippen LogP contribution is -2.20. The predicted molar refractivity (Wildman–Crippen MR) is 58.2 cm³/mol. The average molecular weight is 405 g/mol. The Morgan fingerprint density at radius 1 is 1.22 bits per heavy atom. The molecule has 0 amide bonds. The molecule has 1 aromatic rings.